The Morgan fingerprint density at radius 3 is 2.94 bits per heavy atom. The Hall–Kier alpha value is -0.870. The average Bonchev–Trinajstić information content (AvgIpc) is 3.07. The van der Waals surface area contributed by atoms with Gasteiger partial charge in [-0.3, -0.25) is 4.68 Å². The predicted molar refractivity (Wildman–Crippen MR) is 70.3 cm³/mol. The van der Waals surface area contributed by atoms with E-state index in [1.807, 2.05) is 17.9 Å². The van der Waals surface area contributed by atoms with Crippen LogP contribution in [0.4, 0.5) is 0 Å². The van der Waals surface area contributed by atoms with Gasteiger partial charge in [0.25, 0.3) is 0 Å². The van der Waals surface area contributed by atoms with Crippen LogP contribution in [-0.2, 0) is 11.8 Å². The summed E-state index contributed by atoms with van der Waals surface area (Å²) in [6.07, 6.45) is 10.9. The summed E-state index contributed by atoms with van der Waals surface area (Å²) in [7, 11) is 1.96. The van der Waals surface area contributed by atoms with Crippen molar-refractivity contribution in [2.24, 2.45) is 13.0 Å². The maximum absolute atomic E-state index is 5.89. The molecule has 2 heterocycles. The molecule has 4 heteroatoms. The zero-order valence-electron chi connectivity index (χ0n) is 11.1. The van der Waals surface area contributed by atoms with Gasteiger partial charge >= 0.3 is 0 Å². The second-order valence-corrected chi connectivity index (χ2v) is 5.68. The highest BCUT2D eigenvalue weighted by molar-refractivity contribution is 5.11. The molecule has 0 spiro atoms. The lowest BCUT2D eigenvalue weighted by atomic mass is 9.97. The van der Waals surface area contributed by atoms with E-state index in [1.165, 1.54) is 37.7 Å². The molecule has 18 heavy (non-hydrogen) atoms. The molecule has 1 saturated carbocycles. The first-order chi connectivity index (χ1) is 8.83. The molecular formula is C14H23N3O. The van der Waals surface area contributed by atoms with Crippen LogP contribution in [0.25, 0.3) is 0 Å². The van der Waals surface area contributed by atoms with E-state index in [4.69, 9.17) is 4.74 Å². The molecule has 0 bridgehead atoms. The minimum absolute atomic E-state index is 0.243. The lowest BCUT2D eigenvalue weighted by Gasteiger charge is -2.20. The molecule has 1 aromatic heterocycles. The summed E-state index contributed by atoms with van der Waals surface area (Å²) >= 11 is 0. The fourth-order valence-corrected chi connectivity index (χ4v) is 3.25. The fraction of sp³-hybridized carbons (Fsp3) is 0.786. The van der Waals surface area contributed by atoms with Crippen molar-refractivity contribution in [3.8, 4) is 0 Å². The average molecular weight is 249 g/mol. The lowest BCUT2D eigenvalue weighted by molar-refractivity contribution is 0.0898. The number of hydrogen-bond acceptors (Lipinski definition) is 3. The quantitative estimate of drug-likeness (QED) is 0.887. The van der Waals surface area contributed by atoms with E-state index in [9.17, 15) is 0 Å². The minimum Gasteiger partial charge on any atom is -0.373 e. The van der Waals surface area contributed by atoms with E-state index < -0.39 is 0 Å². The largest absolute Gasteiger partial charge is 0.373 e. The Kier molecular flexibility index (Phi) is 3.66. The van der Waals surface area contributed by atoms with Gasteiger partial charge in [0.1, 0.15) is 0 Å². The van der Waals surface area contributed by atoms with Crippen molar-refractivity contribution in [2.45, 2.75) is 44.2 Å². The van der Waals surface area contributed by atoms with Crippen LogP contribution in [0.3, 0.4) is 0 Å². The first-order valence-electron chi connectivity index (χ1n) is 7.16. The van der Waals surface area contributed by atoms with Gasteiger partial charge in [-0.15, -0.1) is 0 Å². The molecule has 2 aliphatic rings. The van der Waals surface area contributed by atoms with Crippen molar-refractivity contribution in [2.75, 3.05) is 13.2 Å². The van der Waals surface area contributed by atoms with Crippen LogP contribution in [0.2, 0.25) is 0 Å². The highest BCUT2D eigenvalue weighted by atomic mass is 16.5. The van der Waals surface area contributed by atoms with E-state index in [2.05, 4.69) is 16.6 Å². The van der Waals surface area contributed by atoms with Crippen LogP contribution in [-0.4, -0.2) is 29.0 Å². The van der Waals surface area contributed by atoms with Crippen LogP contribution in [0.1, 0.15) is 43.8 Å². The second kappa shape index (κ2) is 5.41. The van der Waals surface area contributed by atoms with Crippen LogP contribution < -0.4 is 5.32 Å². The molecule has 1 aliphatic heterocycles. The van der Waals surface area contributed by atoms with Crippen molar-refractivity contribution in [3.05, 3.63) is 18.0 Å². The first kappa shape index (κ1) is 12.2. The number of rotatable bonds is 4. The summed E-state index contributed by atoms with van der Waals surface area (Å²) in [4.78, 5) is 0. The van der Waals surface area contributed by atoms with Crippen molar-refractivity contribution in [3.63, 3.8) is 0 Å². The summed E-state index contributed by atoms with van der Waals surface area (Å²) in [5.41, 5.74) is 1.23. The summed E-state index contributed by atoms with van der Waals surface area (Å²) in [5.74, 6) is 0.606. The van der Waals surface area contributed by atoms with Gasteiger partial charge in [-0.25, -0.2) is 0 Å². The molecule has 3 rings (SSSR count). The van der Waals surface area contributed by atoms with Crippen molar-refractivity contribution in [1.29, 1.82) is 0 Å². The van der Waals surface area contributed by atoms with E-state index in [0.29, 0.717) is 5.92 Å². The molecule has 1 aliphatic carbocycles. The van der Waals surface area contributed by atoms with Gasteiger partial charge in [0.05, 0.1) is 12.3 Å². The van der Waals surface area contributed by atoms with E-state index in [1.54, 1.807) is 0 Å². The van der Waals surface area contributed by atoms with Crippen molar-refractivity contribution >= 4 is 0 Å². The highest BCUT2D eigenvalue weighted by Gasteiger charge is 2.31. The monoisotopic (exact) mass is 249 g/mol. The summed E-state index contributed by atoms with van der Waals surface area (Å²) < 4.78 is 7.75. The molecule has 0 aromatic carbocycles. The van der Waals surface area contributed by atoms with Gasteiger partial charge in [-0.05, 0) is 19.3 Å². The molecule has 4 nitrogen and oxygen atoms in total. The number of aryl methyl sites for hydroxylation is 1. The number of nitrogens with zero attached hydrogens (tertiary/aromatic N) is 2. The topological polar surface area (TPSA) is 39.1 Å². The molecule has 2 fully saturated rings. The van der Waals surface area contributed by atoms with Crippen LogP contribution in [0, 0.1) is 5.92 Å². The van der Waals surface area contributed by atoms with Crippen molar-refractivity contribution < 1.29 is 4.74 Å². The molecule has 2 atom stereocenters. The first-order valence-corrected chi connectivity index (χ1v) is 7.16. The highest BCUT2D eigenvalue weighted by Crippen LogP contribution is 2.34. The third-order valence-electron chi connectivity index (χ3n) is 4.29. The van der Waals surface area contributed by atoms with Gasteiger partial charge in [-0.1, -0.05) is 12.8 Å². The Balaban J connectivity index is 1.57. The number of hydrogen-bond donors (Lipinski definition) is 1. The maximum atomic E-state index is 5.89. The molecule has 1 aromatic rings. The normalized spacial score (nSPS) is 29.2. The zero-order valence-corrected chi connectivity index (χ0v) is 11.1. The fourth-order valence-electron chi connectivity index (χ4n) is 3.25. The Morgan fingerprint density at radius 2 is 2.22 bits per heavy atom. The Bertz CT molecular complexity index is 384. The van der Waals surface area contributed by atoms with Gasteiger partial charge in [-0.2, -0.15) is 5.10 Å². The van der Waals surface area contributed by atoms with E-state index in [-0.39, 0.29) is 6.10 Å². The van der Waals surface area contributed by atoms with Crippen LogP contribution in [0.5, 0.6) is 0 Å². The molecular weight excluding hydrogens is 226 g/mol. The van der Waals surface area contributed by atoms with Gasteiger partial charge in [0, 0.05) is 43.9 Å². The zero-order chi connectivity index (χ0) is 12.4. The molecule has 100 valence electrons. The van der Waals surface area contributed by atoms with Crippen LogP contribution in [0.15, 0.2) is 12.4 Å². The van der Waals surface area contributed by atoms with Gasteiger partial charge in [0.2, 0.25) is 0 Å². The molecule has 0 amide bonds. The Morgan fingerprint density at radius 1 is 1.39 bits per heavy atom. The van der Waals surface area contributed by atoms with E-state index >= 15 is 0 Å². The molecule has 1 saturated heterocycles. The molecule has 1 N–H and O–H groups in total. The summed E-state index contributed by atoms with van der Waals surface area (Å²) in [6, 6.07) is 0.750. The summed E-state index contributed by atoms with van der Waals surface area (Å²) in [6.45, 7) is 1.97. The molecule has 0 unspecified atom stereocenters. The standard InChI is InChI=1S/C14H23N3O/c1-17-10-12(9-16-17)14-11(6-7-18-14)8-15-13-4-2-3-5-13/h9-11,13-15H,2-8H2,1H3/t11-,14-/m1/s1. The smallest absolute Gasteiger partial charge is 0.0896 e. The number of nitrogens with one attached hydrogen (secondary N) is 1. The Labute approximate surface area is 109 Å². The van der Waals surface area contributed by atoms with Gasteiger partial charge in [0.15, 0.2) is 0 Å². The van der Waals surface area contributed by atoms with Crippen LogP contribution >= 0.6 is 0 Å². The SMILES string of the molecule is Cn1cc([C@@H]2OCC[C@@H]2CNC2CCCC2)cn1. The predicted octanol–water partition coefficient (Wildman–Crippen LogP) is 2.03. The number of ether oxygens (including phenoxy) is 1. The van der Waals surface area contributed by atoms with Gasteiger partial charge < -0.3 is 10.1 Å². The van der Waals surface area contributed by atoms with E-state index in [0.717, 1.165) is 19.2 Å². The minimum atomic E-state index is 0.243. The third-order valence-corrected chi connectivity index (χ3v) is 4.29. The second-order valence-electron chi connectivity index (χ2n) is 5.68. The number of aromatic nitrogens is 2. The maximum Gasteiger partial charge on any atom is 0.0896 e. The summed E-state index contributed by atoms with van der Waals surface area (Å²) in [5, 5.41) is 7.97. The molecule has 0 radical (unpaired) electrons. The lowest BCUT2D eigenvalue weighted by Crippen LogP contribution is -2.32. The third kappa shape index (κ3) is 2.59. The van der Waals surface area contributed by atoms with Crippen molar-refractivity contribution in [1.82, 2.24) is 15.1 Å².